The van der Waals surface area contributed by atoms with Crippen LogP contribution in [0, 0.1) is 0 Å². The highest BCUT2D eigenvalue weighted by molar-refractivity contribution is 7.09. The predicted octanol–water partition coefficient (Wildman–Crippen LogP) is 2.13. The van der Waals surface area contributed by atoms with Crippen molar-refractivity contribution in [3.63, 3.8) is 0 Å². The number of nitrogens with zero attached hydrogens (tertiary/aromatic N) is 4. The number of rotatable bonds is 5. The van der Waals surface area contributed by atoms with Gasteiger partial charge in [-0.1, -0.05) is 6.07 Å². The van der Waals surface area contributed by atoms with E-state index in [1.165, 1.54) is 4.88 Å². The summed E-state index contributed by atoms with van der Waals surface area (Å²) in [5.41, 5.74) is 0.492. The van der Waals surface area contributed by atoms with E-state index in [0.717, 1.165) is 6.54 Å². The van der Waals surface area contributed by atoms with Crippen LogP contribution < -0.4 is 5.56 Å². The number of aryl methyl sites for hydroxylation is 1. The van der Waals surface area contributed by atoms with E-state index in [9.17, 15) is 4.79 Å². The number of H-pyrrole nitrogens is 1. The molecule has 116 valence electrons. The predicted molar refractivity (Wildman–Crippen MR) is 87.8 cm³/mol. The molecule has 0 bridgehead atoms. The maximum absolute atomic E-state index is 12.1. The Balaban J connectivity index is 1.89. The fourth-order valence-corrected chi connectivity index (χ4v) is 3.10. The van der Waals surface area contributed by atoms with Crippen molar-refractivity contribution in [2.24, 2.45) is 7.05 Å². The van der Waals surface area contributed by atoms with E-state index in [4.69, 9.17) is 0 Å². The molecule has 1 N–H and O–H groups in total. The zero-order valence-electron chi connectivity index (χ0n) is 12.9. The second-order valence-corrected chi connectivity index (χ2v) is 6.63. The van der Waals surface area contributed by atoms with Crippen LogP contribution in [0.1, 0.15) is 24.5 Å². The van der Waals surface area contributed by atoms with Crippen molar-refractivity contribution >= 4 is 22.4 Å². The van der Waals surface area contributed by atoms with Crippen LogP contribution in [-0.4, -0.2) is 30.7 Å². The quantitative estimate of drug-likeness (QED) is 0.783. The van der Waals surface area contributed by atoms with Crippen LogP contribution in [0.4, 0.5) is 0 Å². The van der Waals surface area contributed by atoms with Crippen molar-refractivity contribution in [2.75, 3.05) is 0 Å². The molecule has 3 aromatic heterocycles. The first-order chi connectivity index (χ1) is 10.5. The molecule has 22 heavy (non-hydrogen) atoms. The number of hydrogen-bond donors (Lipinski definition) is 1. The first-order valence-electron chi connectivity index (χ1n) is 7.22. The van der Waals surface area contributed by atoms with Gasteiger partial charge in [-0.25, -0.2) is 4.98 Å². The number of aromatic nitrogens is 4. The van der Waals surface area contributed by atoms with Crippen molar-refractivity contribution in [3.8, 4) is 0 Å². The summed E-state index contributed by atoms with van der Waals surface area (Å²) < 4.78 is 1.63. The van der Waals surface area contributed by atoms with Crippen LogP contribution in [0.3, 0.4) is 0 Å². The average molecular weight is 317 g/mol. The van der Waals surface area contributed by atoms with Crippen LogP contribution in [0.5, 0.6) is 0 Å². The van der Waals surface area contributed by atoms with Gasteiger partial charge in [-0.3, -0.25) is 14.4 Å². The molecule has 0 saturated heterocycles. The Morgan fingerprint density at radius 1 is 1.41 bits per heavy atom. The van der Waals surface area contributed by atoms with Crippen LogP contribution >= 0.6 is 11.3 Å². The average Bonchev–Trinajstić information content (AvgIpc) is 3.09. The third-order valence-corrected chi connectivity index (χ3v) is 4.53. The minimum Gasteiger partial charge on any atom is -0.309 e. The minimum absolute atomic E-state index is 0.132. The smallest absolute Gasteiger partial charge is 0.262 e. The number of thiophene rings is 1. The Morgan fingerprint density at radius 3 is 2.91 bits per heavy atom. The van der Waals surface area contributed by atoms with Crippen LogP contribution in [0.25, 0.3) is 11.0 Å². The molecule has 3 heterocycles. The van der Waals surface area contributed by atoms with Gasteiger partial charge in [-0.15, -0.1) is 11.3 Å². The van der Waals surface area contributed by atoms with Crippen molar-refractivity contribution in [1.29, 1.82) is 0 Å². The van der Waals surface area contributed by atoms with Gasteiger partial charge in [0.25, 0.3) is 5.56 Å². The maximum Gasteiger partial charge on any atom is 0.262 e. The SMILES string of the molecule is CC(C)N(Cc1nc2c(cnn2C)c(=O)[nH]1)Cc1cccs1. The number of hydrogen-bond acceptors (Lipinski definition) is 5. The summed E-state index contributed by atoms with van der Waals surface area (Å²) in [5.74, 6) is 0.673. The standard InChI is InChI=1S/C15H19N5OS/c1-10(2)20(8-11-5-4-6-22-11)9-13-17-14-12(15(21)18-13)7-16-19(14)3/h4-7,10H,8-9H2,1-3H3,(H,17,18,21). The van der Waals surface area contributed by atoms with E-state index in [1.807, 2.05) is 0 Å². The fraction of sp³-hybridized carbons (Fsp3) is 0.400. The molecule has 0 aliphatic rings. The molecule has 0 fully saturated rings. The van der Waals surface area contributed by atoms with E-state index in [0.29, 0.717) is 29.4 Å². The van der Waals surface area contributed by atoms with Gasteiger partial charge in [0.2, 0.25) is 0 Å². The molecular weight excluding hydrogens is 298 g/mol. The van der Waals surface area contributed by atoms with Gasteiger partial charge in [-0.2, -0.15) is 5.10 Å². The molecule has 0 aliphatic heterocycles. The van der Waals surface area contributed by atoms with E-state index >= 15 is 0 Å². The highest BCUT2D eigenvalue weighted by Gasteiger charge is 2.15. The van der Waals surface area contributed by atoms with Crippen molar-refractivity contribution < 1.29 is 0 Å². The lowest BCUT2D eigenvalue weighted by Crippen LogP contribution is -2.31. The molecule has 0 amide bonds. The number of nitrogens with one attached hydrogen (secondary N) is 1. The highest BCUT2D eigenvalue weighted by Crippen LogP contribution is 2.16. The Labute approximate surface area is 132 Å². The third-order valence-electron chi connectivity index (χ3n) is 3.67. The fourth-order valence-electron chi connectivity index (χ4n) is 2.37. The summed E-state index contributed by atoms with van der Waals surface area (Å²) >= 11 is 1.74. The molecular formula is C15H19N5OS. The second kappa shape index (κ2) is 6.02. The van der Waals surface area contributed by atoms with Crippen LogP contribution in [0.2, 0.25) is 0 Å². The molecule has 0 unspecified atom stereocenters. The number of fused-ring (bicyclic) bond motifs is 1. The summed E-state index contributed by atoms with van der Waals surface area (Å²) in [6.45, 7) is 5.75. The zero-order valence-corrected chi connectivity index (χ0v) is 13.7. The molecule has 0 aromatic carbocycles. The van der Waals surface area contributed by atoms with Crippen molar-refractivity contribution in [2.45, 2.75) is 33.0 Å². The Morgan fingerprint density at radius 2 is 2.23 bits per heavy atom. The Bertz CT molecular complexity index is 818. The molecule has 0 radical (unpaired) electrons. The van der Waals surface area contributed by atoms with Crippen molar-refractivity contribution in [3.05, 3.63) is 44.8 Å². The summed E-state index contributed by atoms with van der Waals surface area (Å²) in [7, 11) is 1.80. The first-order valence-corrected chi connectivity index (χ1v) is 8.10. The zero-order chi connectivity index (χ0) is 15.7. The Kier molecular flexibility index (Phi) is 4.08. The molecule has 0 aliphatic carbocycles. The van der Waals surface area contributed by atoms with Gasteiger partial charge in [0.05, 0.1) is 12.7 Å². The maximum atomic E-state index is 12.1. The third kappa shape index (κ3) is 2.95. The second-order valence-electron chi connectivity index (χ2n) is 5.60. The van der Waals surface area contributed by atoms with Gasteiger partial charge in [0.15, 0.2) is 5.65 Å². The molecule has 7 heteroatoms. The first kappa shape index (κ1) is 14.9. The van der Waals surface area contributed by atoms with E-state index in [-0.39, 0.29) is 5.56 Å². The van der Waals surface area contributed by atoms with Crippen LogP contribution in [0.15, 0.2) is 28.5 Å². The molecule has 3 rings (SSSR count). The van der Waals surface area contributed by atoms with Gasteiger partial charge in [0, 0.05) is 24.5 Å². The molecule has 0 saturated carbocycles. The largest absolute Gasteiger partial charge is 0.309 e. The lowest BCUT2D eigenvalue weighted by molar-refractivity contribution is 0.200. The number of aromatic amines is 1. The summed E-state index contributed by atoms with van der Waals surface area (Å²) in [5, 5.41) is 6.70. The van der Waals surface area contributed by atoms with E-state index < -0.39 is 0 Å². The lowest BCUT2D eigenvalue weighted by Gasteiger charge is -2.25. The summed E-state index contributed by atoms with van der Waals surface area (Å²) in [4.78, 5) is 23.1. The minimum atomic E-state index is -0.132. The highest BCUT2D eigenvalue weighted by atomic mass is 32.1. The van der Waals surface area contributed by atoms with Crippen molar-refractivity contribution in [1.82, 2.24) is 24.6 Å². The van der Waals surface area contributed by atoms with Gasteiger partial charge < -0.3 is 4.98 Å². The molecule has 0 atom stereocenters. The van der Waals surface area contributed by atoms with Crippen LogP contribution in [-0.2, 0) is 20.1 Å². The van der Waals surface area contributed by atoms with E-state index in [2.05, 4.69) is 51.3 Å². The van der Waals surface area contributed by atoms with Gasteiger partial charge in [-0.05, 0) is 25.3 Å². The normalized spacial score (nSPS) is 11.9. The topological polar surface area (TPSA) is 66.8 Å². The van der Waals surface area contributed by atoms with Gasteiger partial charge in [0.1, 0.15) is 11.2 Å². The monoisotopic (exact) mass is 317 g/mol. The Hall–Kier alpha value is -1.99. The molecule has 6 nitrogen and oxygen atoms in total. The van der Waals surface area contributed by atoms with Gasteiger partial charge >= 0.3 is 0 Å². The lowest BCUT2D eigenvalue weighted by atomic mass is 10.3. The summed E-state index contributed by atoms with van der Waals surface area (Å²) in [6.07, 6.45) is 1.55. The van der Waals surface area contributed by atoms with E-state index in [1.54, 1.807) is 29.3 Å². The summed E-state index contributed by atoms with van der Waals surface area (Å²) in [6, 6.07) is 4.54. The molecule has 3 aromatic rings. The molecule has 0 spiro atoms.